The van der Waals surface area contributed by atoms with Gasteiger partial charge in [0, 0.05) is 32.9 Å². The van der Waals surface area contributed by atoms with Gasteiger partial charge in [0.2, 0.25) is 10.0 Å². The van der Waals surface area contributed by atoms with Crippen molar-refractivity contribution in [3.63, 3.8) is 0 Å². The van der Waals surface area contributed by atoms with Crippen LogP contribution in [0.2, 0.25) is 0 Å². The Balaban J connectivity index is 1.59. The summed E-state index contributed by atoms with van der Waals surface area (Å²) >= 11 is 0. The van der Waals surface area contributed by atoms with Gasteiger partial charge < -0.3 is 9.47 Å². The first-order valence-electron chi connectivity index (χ1n) is 9.71. The summed E-state index contributed by atoms with van der Waals surface area (Å²) in [5.41, 5.74) is 1.48. The van der Waals surface area contributed by atoms with Crippen LogP contribution in [0, 0.1) is 19.8 Å². The molecule has 8 heteroatoms. The number of sulfonamides is 1. The molecule has 0 atom stereocenters. The van der Waals surface area contributed by atoms with Gasteiger partial charge in [0.1, 0.15) is 5.56 Å². The number of aryl methyl sites for hydroxylation is 3. The molecule has 0 spiro atoms. The Hall–Kier alpha value is -2.45. The zero-order valence-corrected chi connectivity index (χ0v) is 17.8. The van der Waals surface area contributed by atoms with E-state index in [1.165, 1.54) is 4.57 Å². The molecule has 1 amide bonds. The molecule has 156 valence electrons. The van der Waals surface area contributed by atoms with E-state index >= 15 is 0 Å². The van der Waals surface area contributed by atoms with Gasteiger partial charge in [-0.05, 0) is 61.9 Å². The molecule has 0 radical (unpaired) electrons. The fraction of sp³-hybridized carbons (Fsp3) is 0.429. The van der Waals surface area contributed by atoms with Crippen LogP contribution in [0.1, 0.15) is 34.3 Å². The van der Waals surface area contributed by atoms with Crippen LogP contribution in [-0.4, -0.2) is 43.4 Å². The molecule has 7 nitrogen and oxygen atoms in total. The van der Waals surface area contributed by atoms with Crippen molar-refractivity contribution in [3.8, 4) is 0 Å². The highest BCUT2D eigenvalue weighted by Gasteiger charge is 2.26. The standard InChI is InChI=1S/C21H27N3O4S/c1-15-6-7-16(2)19(13-15)29(27,28)22-14-17-8-11-24(12-9-17)21(26)18-5-4-10-23(3)20(18)25/h4-7,10,13,17,22H,8-9,11-12,14H2,1-3H3. The average Bonchev–Trinajstić information content (AvgIpc) is 2.70. The summed E-state index contributed by atoms with van der Waals surface area (Å²) in [7, 11) is -1.95. The number of likely N-dealkylation sites (tertiary alicyclic amines) is 1. The number of benzene rings is 1. The Labute approximate surface area is 171 Å². The SMILES string of the molecule is Cc1ccc(C)c(S(=O)(=O)NCC2CCN(C(=O)c3cccn(C)c3=O)CC2)c1. The van der Waals surface area contributed by atoms with Crippen molar-refractivity contribution >= 4 is 15.9 Å². The van der Waals surface area contributed by atoms with E-state index in [1.54, 1.807) is 43.3 Å². The summed E-state index contributed by atoms with van der Waals surface area (Å²) in [4.78, 5) is 26.8. The Bertz CT molecular complexity index is 1070. The maximum Gasteiger partial charge on any atom is 0.263 e. The molecule has 1 saturated heterocycles. The minimum atomic E-state index is -3.57. The monoisotopic (exact) mass is 417 g/mol. The van der Waals surface area contributed by atoms with Gasteiger partial charge in [0.25, 0.3) is 11.5 Å². The number of amides is 1. The third-order valence-corrected chi connectivity index (χ3v) is 7.02. The number of nitrogens with one attached hydrogen (secondary N) is 1. The number of rotatable bonds is 5. The Kier molecular flexibility index (Phi) is 6.24. The molecule has 2 aromatic rings. The molecule has 1 aliphatic rings. The second-order valence-electron chi connectivity index (χ2n) is 7.69. The van der Waals surface area contributed by atoms with Crippen LogP contribution in [0.5, 0.6) is 0 Å². The summed E-state index contributed by atoms with van der Waals surface area (Å²) in [6.07, 6.45) is 3.00. The highest BCUT2D eigenvalue weighted by molar-refractivity contribution is 7.89. The first-order valence-corrected chi connectivity index (χ1v) is 11.2. The molecular weight excluding hydrogens is 390 g/mol. The van der Waals surface area contributed by atoms with Crippen LogP contribution < -0.4 is 10.3 Å². The van der Waals surface area contributed by atoms with Gasteiger partial charge in [0.15, 0.2) is 0 Å². The molecular formula is C21H27N3O4S. The molecule has 0 aliphatic carbocycles. The molecule has 1 fully saturated rings. The molecule has 0 unspecified atom stereocenters. The lowest BCUT2D eigenvalue weighted by Crippen LogP contribution is -2.43. The van der Waals surface area contributed by atoms with Gasteiger partial charge in [-0.3, -0.25) is 9.59 Å². The van der Waals surface area contributed by atoms with E-state index in [0.717, 1.165) is 5.56 Å². The maximum absolute atomic E-state index is 12.7. The predicted octanol–water partition coefficient (Wildman–Crippen LogP) is 1.83. The Morgan fingerprint density at radius 1 is 1.17 bits per heavy atom. The van der Waals surface area contributed by atoms with E-state index in [4.69, 9.17) is 0 Å². The highest BCUT2D eigenvalue weighted by atomic mass is 32.2. The van der Waals surface area contributed by atoms with E-state index in [2.05, 4.69) is 4.72 Å². The lowest BCUT2D eigenvalue weighted by molar-refractivity contribution is 0.0689. The van der Waals surface area contributed by atoms with Crippen LogP contribution in [0.3, 0.4) is 0 Å². The fourth-order valence-electron chi connectivity index (χ4n) is 3.57. The van der Waals surface area contributed by atoms with Crippen LogP contribution in [-0.2, 0) is 17.1 Å². The van der Waals surface area contributed by atoms with E-state index < -0.39 is 10.0 Å². The number of carbonyl (C=O) groups is 1. The number of nitrogens with zero attached hydrogens (tertiary/aromatic N) is 2. The average molecular weight is 418 g/mol. The third-order valence-electron chi connectivity index (χ3n) is 5.45. The number of hydrogen-bond acceptors (Lipinski definition) is 4. The van der Waals surface area contributed by atoms with Crippen molar-refractivity contribution in [2.24, 2.45) is 13.0 Å². The predicted molar refractivity (Wildman–Crippen MR) is 111 cm³/mol. The number of hydrogen-bond donors (Lipinski definition) is 1. The maximum atomic E-state index is 12.7. The van der Waals surface area contributed by atoms with Crippen LogP contribution in [0.15, 0.2) is 46.2 Å². The van der Waals surface area contributed by atoms with Gasteiger partial charge in [-0.2, -0.15) is 0 Å². The smallest absolute Gasteiger partial charge is 0.263 e. The van der Waals surface area contributed by atoms with E-state index in [0.29, 0.717) is 42.9 Å². The summed E-state index contributed by atoms with van der Waals surface area (Å²) < 4.78 is 29.4. The highest BCUT2D eigenvalue weighted by Crippen LogP contribution is 2.20. The van der Waals surface area contributed by atoms with E-state index in [1.807, 2.05) is 19.1 Å². The first kappa shape index (κ1) is 21.3. The molecule has 1 aromatic heterocycles. The molecule has 1 aliphatic heterocycles. The fourth-order valence-corrected chi connectivity index (χ4v) is 5.02. The summed E-state index contributed by atoms with van der Waals surface area (Å²) in [6, 6.07) is 8.61. The second-order valence-corrected chi connectivity index (χ2v) is 9.43. The Morgan fingerprint density at radius 2 is 1.86 bits per heavy atom. The van der Waals surface area contributed by atoms with Gasteiger partial charge in [-0.15, -0.1) is 0 Å². The van der Waals surface area contributed by atoms with Crippen molar-refractivity contribution < 1.29 is 13.2 Å². The zero-order valence-electron chi connectivity index (χ0n) is 17.0. The van der Waals surface area contributed by atoms with Gasteiger partial charge in [0.05, 0.1) is 4.90 Å². The van der Waals surface area contributed by atoms with Crippen molar-refractivity contribution in [3.05, 3.63) is 63.6 Å². The molecule has 2 heterocycles. The van der Waals surface area contributed by atoms with Crippen molar-refractivity contribution in [1.29, 1.82) is 0 Å². The van der Waals surface area contributed by atoms with Crippen molar-refractivity contribution in [2.75, 3.05) is 19.6 Å². The van der Waals surface area contributed by atoms with Crippen LogP contribution in [0.4, 0.5) is 0 Å². The quantitative estimate of drug-likeness (QED) is 0.804. The molecule has 0 saturated carbocycles. The van der Waals surface area contributed by atoms with Crippen molar-refractivity contribution in [2.45, 2.75) is 31.6 Å². The molecule has 1 N–H and O–H groups in total. The third kappa shape index (κ3) is 4.76. The second kappa shape index (κ2) is 8.51. The number of aromatic nitrogens is 1. The number of carbonyl (C=O) groups excluding carboxylic acids is 1. The summed E-state index contributed by atoms with van der Waals surface area (Å²) in [5, 5.41) is 0. The number of pyridine rings is 1. The van der Waals surface area contributed by atoms with Crippen LogP contribution >= 0.6 is 0 Å². The zero-order chi connectivity index (χ0) is 21.2. The number of piperidine rings is 1. The van der Waals surface area contributed by atoms with Crippen molar-refractivity contribution in [1.82, 2.24) is 14.2 Å². The molecule has 3 rings (SSSR count). The van der Waals surface area contributed by atoms with Crippen LogP contribution in [0.25, 0.3) is 0 Å². The minimum absolute atomic E-state index is 0.151. The lowest BCUT2D eigenvalue weighted by atomic mass is 9.97. The lowest BCUT2D eigenvalue weighted by Gasteiger charge is -2.32. The molecule has 29 heavy (non-hydrogen) atoms. The Morgan fingerprint density at radius 3 is 2.55 bits per heavy atom. The largest absolute Gasteiger partial charge is 0.338 e. The van der Waals surface area contributed by atoms with E-state index in [9.17, 15) is 18.0 Å². The normalized spacial score (nSPS) is 15.5. The molecule has 0 bridgehead atoms. The van der Waals surface area contributed by atoms with E-state index in [-0.39, 0.29) is 22.9 Å². The summed E-state index contributed by atoms with van der Waals surface area (Å²) in [5.74, 6) is -0.113. The minimum Gasteiger partial charge on any atom is -0.338 e. The topological polar surface area (TPSA) is 88.5 Å². The van der Waals surface area contributed by atoms with Gasteiger partial charge in [-0.25, -0.2) is 13.1 Å². The van der Waals surface area contributed by atoms with Gasteiger partial charge in [-0.1, -0.05) is 12.1 Å². The first-order chi connectivity index (χ1) is 13.7. The summed E-state index contributed by atoms with van der Waals surface area (Å²) in [6.45, 7) is 5.00. The molecule has 1 aromatic carbocycles. The van der Waals surface area contributed by atoms with Gasteiger partial charge >= 0.3 is 0 Å².